The molecule has 0 spiro atoms. The first kappa shape index (κ1) is 22.0. The standard InChI is InChI=1S/C20H34O5/c1-2-3-6-9-15(21)12-13-17-16(18(22)14-19(17)23)10-7-4-5-8-11-20(24)25/h4,7,12-13,15-17,19-21,23-25H,2-3,5-6,8-11,14H2,1H3/b7-4?,13-12+/t15?,16-,17-,19-/m1/s1. The van der Waals surface area contributed by atoms with E-state index in [1.807, 2.05) is 18.2 Å². The Labute approximate surface area is 151 Å². The van der Waals surface area contributed by atoms with Crippen LogP contribution in [0.3, 0.4) is 0 Å². The molecule has 0 aromatic carbocycles. The van der Waals surface area contributed by atoms with Crippen molar-refractivity contribution in [2.24, 2.45) is 11.8 Å². The highest BCUT2D eigenvalue weighted by molar-refractivity contribution is 5.84. The molecule has 1 rings (SSSR count). The van der Waals surface area contributed by atoms with Gasteiger partial charge in [-0.3, -0.25) is 4.79 Å². The van der Waals surface area contributed by atoms with E-state index in [0.717, 1.165) is 25.7 Å². The van der Waals surface area contributed by atoms with Crippen molar-refractivity contribution in [1.29, 1.82) is 0 Å². The van der Waals surface area contributed by atoms with Gasteiger partial charge < -0.3 is 20.4 Å². The first-order valence-corrected chi connectivity index (χ1v) is 9.54. The average molecular weight is 354 g/mol. The third-order valence-electron chi connectivity index (χ3n) is 4.78. The van der Waals surface area contributed by atoms with Crippen LogP contribution in [0.4, 0.5) is 0 Å². The fourth-order valence-electron chi connectivity index (χ4n) is 3.26. The summed E-state index contributed by atoms with van der Waals surface area (Å²) in [5, 5.41) is 37.7. The summed E-state index contributed by atoms with van der Waals surface area (Å²) in [4.78, 5) is 12.1. The van der Waals surface area contributed by atoms with E-state index in [-0.39, 0.29) is 24.0 Å². The van der Waals surface area contributed by atoms with Crippen LogP contribution in [0.1, 0.15) is 64.7 Å². The smallest absolute Gasteiger partial charge is 0.151 e. The molecule has 0 radical (unpaired) electrons. The van der Waals surface area contributed by atoms with Crippen LogP contribution in [0.25, 0.3) is 0 Å². The van der Waals surface area contributed by atoms with Crippen molar-refractivity contribution >= 4 is 5.78 Å². The molecular formula is C20H34O5. The van der Waals surface area contributed by atoms with Crippen molar-refractivity contribution in [2.45, 2.75) is 83.2 Å². The monoisotopic (exact) mass is 354 g/mol. The predicted octanol–water partition coefficient (Wildman–Crippen LogP) is 2.48. The largest absolute Gasteiger partial charge is 0.392 e. The number of carbonyl (C=O) groups is 1. The average Bonchev–Trinajstić information content (AvgIpc) is 2.82. The van der Waals surface area contributed by atoms with Gasteiger partial charge in [-0.15, -0.1) is 0 Å². The minimum Gasteiger partial charge on any atom is -0.392 e. The third kappa shape index (κ3) is 8.77. The first-order valence-electron chi connectivity index (χ1n) is 9.54. The van der Waals surface area contributed by atoms with E-state index in [2.05, 4.69) is 6.92 Å². The van der Waals surface area contributed by atoms with Gasteiger partial charge in [-0.05, 0) is 32.1 Å². The lowest BCUT2D eigenvalue weighted by atomic mass is 9.90. The Morgan fingerprint density at radius 1 is 1.12 bits per heavy atom. The summed E-state index contributed by atoms with van der Waals surface area (Å²) in [5.74, 6) is -0.413. The van der Waals surface area contributed by atoms with Crippen molar-refractivity contribution < 1.29 is 25.2 Å². The lowest BCUT2D eigenvalue weighted by molar-refractivity contribution is -0.121. The van der Waals surface area contributed by atoms with Gasteiger partial charge in [0, 0.05) is 18.3 Å². The summed E-state index contributed by atoms with van der Waals surface area (Å²) >= 11 is 0. The minimum atomic E-state index is -1.27. The number of carbonyl (C=O) groups excluding carboxylic acids is 1. The number of unbranched alkanes of at least 4 members (excludes halogenated alkanes) is 3. The second-order valence-electron chi connectivity index (χ2n) is 6.99. The number of ketones is 1. The van der Waals surface area contributed by atoms with Gasteiger partial charge in [0.25, 0.3) is 0 Å². The van der Waals surface area contributed by atoms with Crippen molar-refractivity contribution in [3.8, 4) is 0 Å². The number of hydrogen-bond acceptors (Lipinski definition) is 5. The number of allylic oxidation sites excluding steroid dienone is 2. The van der Waals surface area contributed by atoms with Crippen LogP contribution in [-0.2, 0) is 4.79 Å². The van der Waals surface area contributed by atoms with Crippen LogP contribution in [0.2, 0.25) is 0 Å². The predicted molar refractivity (Wildman–Crippen MR) is 97.7 cm³/mol. The third-order valence-corrected chi connectivity index (χ3v) is 4.78. The maximum Gasteiger partial charge on any atom is 0.151 e. The van der Waals surface area contributed by atoms with E-state index in [1.54, 1.807) is 6.08 Å². The van der Waals surface area contributed by atoms with Crippen LogP contribution in [0.5, 0.6) is 0 Å². The molecule has 5 nitrogen and oxygen atoms in total. The number of Topliss-reactive ketones (excluding diaryl/α,β-unsaturated/α-hetero) is 1. The zero-order valence-corrected chi connectivity index (χ0v) is 15.3. The quantitative estimate of drug-likeness (QED) is 0.245. The molecule has 0 aromatic rings. The molecule has 0 heterocycles. The molecule has 0 aromatic heterocycles. The fraction of sp³-hybridized carbons (Fsp3) is 0.750. The van der Waals surface area contributed by atoms with Gasteiger partial charge in [0.15, 0.2) is 6.29 Å². The molecule has 4 N–H and O–H groups in total. The van der Waals surface area contributed by atoms with Gasteiger partial charge in [-0.1, -0.05) is 50.5 Å². The van der Waals surface area contributed by atoms with E-state index in [1.165, 1.54) is 0 Å². The number of hydrogen-bond donors (Lipinski definition) is 4. The second-order valence-corrected chi connectivity index (χ2v) is 6.99. The molecule has 1 aliphatic rings. The van der Waals surface area contributed by atoms with Gasteiger partial charge >= 0.3 is 0 Å². The van der Waals surface area contributed by atoms with Crippen LogP contribution in [0.15, 0.2) is 24.3 Å². The van der Waals surface area contributed by atoms with E-state index < -0.39 is 18.5 Å². The molecule has 0 bridgehead atoms. The first-order chi connectivity index (χ1) is 12.0. The summed E-state index contributed by atoms with van der Waals surface area (Å²) in [6, 6.07) is 0. The highest BCUT2D eigenvalue weighted by Crippen LogP contribution is 2.33. The Bertz CT molecular complexity index is 430. The van der Waals surface area contributed by atoms with Gasteiger partial charge in [-0.2, -0.15) is 0 Å². The van der Waals surface area contributed by atoms with Gasteiger partial charge in [0.05, 0.1) is 12.2 Å². The van der Waals surface area contributed by atoms with Gasteiger partial charge in [-0.25, -0.2) is 0 Å². The summed E-state index contributed by atoms with van der Waals surface area (Å²) in [6.07, 6.45) is 11.3. The van der Waals surface area contributed by atoms with E-state index in [9.17, 15) is 15.0 Å². The zero-order valence-electron chi connectivity index (χ0n) is 15.3. The SMILES string of the molecule is CCCCCC(O)/C=C/[C@H]1[C@H](O)CC(=O)[C@@H]1CC=CCCCC(O)O. The van der Waals surface area contributed by atoms with Crippen LogP contribution in [-0.4, -0.2) is 44.7 Å². The minimum absolute atomic E-state index is 0.0676. The zero-order chi connectivity index (χ0) is 18.7. The molecule has 0 saturated heterocycles. The normalized spacial score (nSPS) is 25.7. The Morgan fingerprint density at radius 3 is 2.56 bits per heavy atom. The van der Waals surface area contributed by atoms with Crippen LogP contribution in [0, 0.1) is 11.8 Å². The molecule has 144 valence electrons. The van der Waals surface area contributed by atoms with Crippen molar-refractivity contribution in [3.05, 3.63) is 24.3 Å². The topological polar surface area (TPSA) is 98.0 Å². The number of aliphatic hydroxyl groups excluding tert-OH is 3. The van der Waals surface area contributed by atoms with E-state index in [0.29, 0.717) is 25.7 Å². The molecule has 0 aliphatic heterocycles. The summed E-state index contributed by atoms with van der Waals surface area (Å²) in [7, 11) is 0. The Hall–Kier alpha value is -1.01. The number of rotatable bonds is 12. The Morgan fingerprint density at radius 2 is 1.88 bits per heavy atom. The highest BCUT2D eigenvalue weighted by Gasteiger charge is 2.39. The molecule has 4 atom stereocenters. The van der Waals surface area contributed by atoms with Crippen molar-refractivity contribution in [2.75, 3.05) is 0 Å². The second kappa shape index (κ2) is 12.4. The lowest BCUT2D eigenvalue weighted by Gasteiger charge is -2.16. The molecule has 1 saturated carbocycles. The number of aliphatic hydroxyl groups is 4. The van der Waals surface area contributed by atoms with E-state index >= 15 is 0 Å². The lowest BCUT2D eigenvalue weighted by Crippen LogP contribution is -2.18. The molecular weight excluding hydrogens is 320 g/mol. The Kier molecular flexibility index (Phi) is 10.9. The van der Waals surface area contributed by atoms with Crippen molar-refractivity contribution in [1.82, 2.24) is 0 Å². The van der Waals surface area contributed by atoms with Gasteiger partial charge in [0.1, 0.15) is 5.78 Å². The Balaban J connectivity index is 2.47. The van der Waals surface area contributed by atoms with Crippen LogP contribution < -0.4 is 0 Å². The molecule has 5 heteroatoms. The maximum absolute atomic E-state index is 12.1. The maximum atomic E-state index is 12.1. The molecule has 0 amide bonds. The van der Waals surface area contributed by atoms with Crippen molar-refractivity contribution in [3.63, 3.8) is 0 Å². The molecule has 1 unspecified atom stereocenters. The van der Waals surface area contributed by atoms with E-state index in [4.69, 9.17) is 10.2 Å². The van der Waals surface area contributed by atoms with Crippen LogP contribution >= 0.6 is 0 Å². The molecule has 1 aliphatic carbocycles. The summed E-state index contributed by atoms with van der Waals surface area (Å²) in [6.45, 7) is 2.12. The summed E-state index contributed by atoms with van der Waals surface area (Å²) < 4.78 is 0. The highest BCUT2D eigenvalue weighted by atomic mass is 16.5. The summed E-state index contributed by atoms with van der Waals surface area (Å²) in [5.41, 5.74) is 0. The fourth-order valence-corrected chi connectivity index (χ4v) is 3.26. The van der Waals surface area contributed by atoms with Gasteiger partial charge in [0.2, 0.25) is 0 Å². The molecule has 1 fully saturated rings. The molecule has 25 heavy (non-hydrogen) atoms.